The second kappa shape index (κ2) is 5.98. The third-order valence-corrected chi connectivity index (χ3v) is 1.97. The maximum atomic E-state index is 10.2. The molecule has 4 heteroatoms. The molecule has 15 heavy (non-hydrogen) atoms. The van der Waals surface area contributed by atoms with Crippen molar-refractivity contribution in [2.45, 2.75) is 0 Å². The number of hydrogen-bond donors (Lipinski definition) is 1. The van der Waals surface area contributed by atoms with Crippen LogP contribution < -0.4 is 5.32 Å². The zero-order valence-corrected chi connectivity index (χ0v) is 9.03. The minimum Gasteiger partial charge on any atom is -0.335 e. The molecule has 0 spiro atoms. The van der Waals surface area contributed by atoms with E-state index in [1.165, 1.54) is 0 Å². The van der Waals surface area contributed by atoms with Crippen LogP contribution >= 0.6 is 11.6 Å². The highest BCUT2D eigenvalue weighted by Gasteiger charge is 1.98. The van der Waals surface area contributed by atoms with Crippen LogP contribution in [0.15, 0.2) is 35.5 Å². The van der Waals surface area contributed by atoms with Crippen molar-refractivity contribution in [1.82, 2.24) is 5.32 Å². The Morgan fingerprint density at radius 3 is 2.93 bits per heavy atom. The van der Waals surface area contributed by atoms with Crippen molar-refractivity contribution in [1.29, 1.82) is 0 Å². The number of nitrogens with one attached hydrogen (secondary N) is 1. The first-order chi connectivity index (χ1) is 7.27. The molecule has 78 valence electrons. The van der Waals surface area contributed by atoms with E-state index in [4.69, 9.17) is 11.6 Å². The molecular weight excluding hydrogens is 212 g/mol. The second-order valence-electron chi connectivity index (χ2n) is 2.78. The van der Waals surface area contributed by atoms with Gasteiger partial charge in [-0.1, -0.05) is 23.7 Å². The quantitative estimate of drug-likeness (QED) is 0.616. The Morgan fingerprint density at radius 2 is 2.33 bits per heavy atom. The van der Waals surface area contributed by atoms with Crippen molar-refractivity contribution in [3.63, 3.8) is 0 Å². The zero-order valence-electron chi connectivity index (χ0n) is 8.27. The van der Waals surface area contributed by atoms with Crippen molar-refractivity contribution < 1.29 is 4.79 Å². The van der Waals surface area contributed by atoms with Crippen LogP contribution in [0.5, 0.6) is 0 Å². The van der Waals surface area contributed by atoms with Crippen LogP contribution in [0.2, 0.25) is 5.02 Å². The highest BCUT2D eigenvalue weighted by atomic mass is 35.5. The Hall–Kier alpha value is -1.61. The summed E-state index contributed by atoms with van der Waals surface area (Å²) in [6, 6.07) is 7.34. The van der Waals surface area contributed by atoms with E-state index in [9.17, 15) is 4.79 Å². The van der Waals surface area contributed by atoms with Gasteiger partial charge >= 0.3 is 0 Å². The summed E-state index contributed by atoms with van der Waals surface area (Å²) in [5.41, 5.74) is 1.70. The van der Waals surface area contributed by atoms with Crippen molar-refractivity contribution >= 4 is 29.8 Å². The lowest BCUT2D eigenvalue weighted by atomic mass is 10.1. The number of halogens is 1. The monoisotopic (exact) mass is 222 g/mol. The largest absolute Gasteiger partial charge is 0.335 e. The predicted octanol–water partition coefficient (Wildman–Crippen LogP) is 2.13. The lowest BCUT2D eigenvalue weighted by Gasteiger charge is -2.02. The molecule has 0 aliphatic rings. The van der Waals surface area contributed by atoms with Crippen LogP contribution in [0, 0.1) is 0 Å². The third-order valence-electron chi connectivity index (χ3n) is 1.73. The van der Waals surface area contributed by atoms with E-state index in [-0.39, 0.29) is 0 Å². The van der Waals surface area contributed by atoms with Crippen LogP contribution in [0.25, 0.3) is 5.57 Å². The Bertz CT molecular complexity index is 399. The van der Waals surface area contributed by atoms with Gasteiger partial charge in [-0.25, -0.2) is 0 Å². The highest BCUT2D eigenvalue weighted by molar-refractivity contribution is 6.31. The van der Waals surface area contributed by atoms with Crippen molar-refractivity contribution in [3.8, 4) is 0 Å². The summed E-state index contributed by atoms with van der Waals surface area (Å²) < 4.78 is 0. The summed E-state index contributed by atoms with van der Waals surface area (Å²) in [5, 5.41) is 3.12. The van der Waals surface area contributed by atoms with E-state index in [1.54, 1.807) is 25.5 Å². The average Bonchev–Trinajstić information content (AvgIpc) is 2.24. The molecule has 0 saturated heterocycles. The fraction of sp³-hybridized carbons (Fsp3) is 0.0909. The normalized spacial score (nSPS) is 11.7. The molecule has 0 aromatic heterocycles. The average molecular weight is 223 g/mol. The molecule has 0 atom stereocenters. The maximum Gasteiger partial charge on any atom is 0.211 e. The highest BCUT2D eigenvalue weighted by Crippen LogP contribution is 2.16. The van der Waals surface area contributed by atoms with Crippen LogP contribution in [-0.4, -0.2) is 19.7 Å². The van der Waals surface area contributed by atoms with Gasteiger partial charge in [0.05, 0.1) is 0 Å². The number of allylic oxidation sites excluding steroid dienone is 1. The summed E-state index contributed by atoms with van der Waals surface area (Å²) in [7, 11) is 1.67. The van der Waals surface area contributed by atoms with Crippen molar-refractivity contribution in [2.75, 3.05) is 7.05 Å². The Labute approximate surface area is 93.5 Å². The zero-order chi connectivity index (χ0) is 11.1. The number of rotatable bonds is 4. The van der Waals surface area contributed by atoms with Crippen LogP contribution in [0.4, 0.5) is 0 Å². The molecular formula is C11H11ClN2O. The molecule has 0 heterocycles. The van der Waals surface area contributed by atoms with E-state index in [0.29, 0.717) is 11.4 Å². The summed E-state index contributed by atoms with van der Waals surface area (Å²) >= 11 is 5.86. The summed E-state index contributed by atoms with van der Waals surface area (Å²) in [4.78, 5) is 14.1. The van der Waals surface area contributed by atoms with Crippen LogP contribution in [-0.2, 0) is 4.79 Å². The van der Waals surface area contributed by atoms with E-state index in [2.05, 4.69) is 10.3 Å². The van der Waals surface area contributed by atoms with Crippen LogP contribution in [0.1, 0.15) is 5.56 Å². The van der Waals surface area contributed by atoms with E-state index < -0.39 is 0 Å². The molecule has 0 fully saturated rings. The number of nitrogens with zero attached hydrogens (tertiary/aromatic N) is 1. The SMILES string of the molecule is CN=C/C(=C\NC=O)c1cccc(Cl)c1. The molecule has 0 bridgehead atoms. The van der Waals surface area contributed by atoms with Gasteiger partial charge in [-0.05, 0) is 17.7 Å². The van der Waals surface area contributed by atoms with Gasteiger partial charge in [-0.3, -0.25) is 9.79 Å². The molecule has 0 unspecified atom stereocenters. The van der Waals surface area contributed by atoms with Gasteiger partial charge in [0, 0.05) is 30.1 Å². The molecule has 0 aliphatic carbocycles. The van der Waals surface area contributed by atoms with E-state index in [1.807, 2.05) is 18.2 Å². The first-order valence-corrected chi connectivity index (χ1v) is 4.73. The number of hydrogen-bond acceptors (Lipinski definition) is 2. The summed E-state index contributed by atoms with van der Waals surface area (Å²) in [5.74, 6) is 0. The van der Waals surface area contributed by atoms with E-state index >= 15 is 0 Å². The predicted molar refractivity (Wildman–Crippen MR) is 63.0 cm³/mol. The molecule has 1 amide bonds. The lowest BCUT2D eigenvalue weighted by Crippen LogP contribution is -2.02. The molecule has 1 aromatic carbocycles. The number of aliphatic imine (C=N–C) groups is 1. The minimum absolute atomic E-state index is 0.605. The number of amides is 1. The van der Waals surface area contributed by atoms with Gasteiger partial charge in [-0.15, -0.1) is 0 Å². The van der Waals surface area contributed by atoms with Crippen molar-refractivity contribution in [2.24, 2.45) is 4.99 Å². The molecule has 1 rings (SSSR count). The second-order valence-corrected chi connectivity index (χ2v) is 3.22. The minimum atomic E-state index is 0.605. The van der Waals surface area contributed by atoms with E-state index in [0.717, 1.165) is 11.1 Å². The number of benzene rings is 1. The Kier molecular flexibility index (Phi) is 4.57. The smallest absolute Gasteiger partial charge is 0.211 e. The van der Waals surface area contributed by atoms with Gasteiger partial charge in [0.2, 0.25) is 6.41 Å². The summed E-state index contributed by atoms with van der Waals surface area (Å²) in [6.07, 6.45) is 3.84. The summed E-state index contributed by atoms with van der Waals surface area (Å²) in [6.45, 7) is 0. The molecule has 0 radical (unpaired) electrons. The first kappa shape index (κ1) is 11.5. The Balaban J connectivity index is 3.03. The van der Waals surface area contributed by atoms with Crippen molar-refractivity contribution in [3.05, 3.63) is 41.1 Å². The van der Waals surface area contributed by atoms with Gasteiger partial charge in [0.1, 0.15) is 0 Å². The van der Waals surface area contributed by atoms with Crippen LogP contribution in [0.3, 0.4) is 0 Å². The number of carbonyl (C=O) groups excluding carboxylic acids is 1. The van der Waals surface area contributed by atoms with Gasteiger partial charge in [0.25, 0.3) is 0 Å². The fourth-order valence-corrected chi connectivity index (χ4v) is 1.32. The molecule has 1 N–H and O–H groups in total. The molecule has 0 aliphatic heterocycles. The molecule has 1 aromatic rings. The maximum absolute atomic E-state index is 10.2. The number of carbonyl (C=O) groups is 1. The third kappa shape index (κ3) is 3.56. The van der Waals surface area contributed by atoms with Gasteiger partial charge < -0.3 is 5.32 Å². The first-order valence-electron chi connectivity index (χ1n) is 4.36. The van der Waals surface area contributed by atoms with Gasteiger partial charge in [0.15, 0.2) is 0 Å². The molecule has 0 saturated carbocycles. The van der Waals surface area contributed by atoms with Gasteiger partial charge in [-0.2, -0.15) is 0 Å². The topological polar surface area (TPSA) is 41.5 Å². The molecule has 3 nitrogen and oxygen atoms in total. The lowest BCUT2D eigenvalue weighted by molar-refractivity contribution is -0.108. The Morgan fingerprint density at radius 1 is 1.53 bits per heavy atom. The fourth-order valence-electron chi connectivity index (χ4n) is 1.13. The standard InChI is InChI=1S/C11H11ClN2O/c1-13-6-10(7-14-8-15)9-3-2-4-11(12)5-9/h2-8H,1H3,(H,14,15)/b10-7+,13-6?.